The van der Waals surface area contributed by atoms with Crippen molar-refractivity contribution in [3.05, 3.63) is 12.3 Å². The van der Waals surface area contributed by atoms with Gasteiger partial charge in [0.05, 0.1) is 0 Å². The first-order chi connectivity index (χ1) is 6.95. The number of hydrogen-bond acceptors (Lipinski definition) is 2. The van der Waals surface area contributed by atoms with E-state index in [0.717, 1.165) is 17.9 Å². The van der Waals surface area contributed by atoms with Crippen LogP contribution >= 0.6 is 0 Å². The van der Waals surface area contributed by atoms with E-state index in [2.05, 4.69) is 22.6 Å². The Labute approximate surface area is 85.5 Å². The van der Waals surface area contributed by atoms with Crippen LogP contribution in [0.4, 0.5) is 0 Å². The maximum absolute atomic E-state index is 4.25. The summed E-state index contributed by atoms with van der Waals surface area (Å²) in [5, 5.41) is 3.77. The molecular formula is C12H18N2. The zero-order chi connectivity index (χ0) is 9.38. The molecule has 1 saturated heterocycles. The summed E-state index contributed by atoms with van der Waals surface area (Å²) in [6.45, 7) is 0. The second-order valence-electron chi connectivity index (χ2n) is 4.82. The molecule has 0 aromatic heterocycles. The van der Waals surface area contributed by atoms with Crippen molar-refractivity contribution in [1.82, 2.24) is 5.32 Å². The van der Waals surface area contributed by atoms with Gasteiger partial charge in [-0.25, -0.2) is 0 Å². The largest absolute Gasteiger partial charge is 0.307 e. The van der Waals surface area contributed by atoms with Crippen LogP contribution in [-0.4, -0.2) is 18.3 Å². The van der Waals surface area contributed by atoms with Gasteiger partial charge in [0.2, 0.25) is 0 Å². The summed E-state index contributed by atoms with van der Waals surface area (Å²) in [4.78, 5) is 4.25. The molecule has 2 fully saturated rings. The van der Waals surface area contributed by atoms with Crippen molar-refractivity contribution < 1.29 is 0 Å². The van der Waals surface area contributed by atoms with Gasteiger partial charge in [-0.15, -0.1) is 0 Å². The molecule has 76 valence electrons. The Hall–Kier alpha value is -0.630. The van der Waals surface area contributed by atoms with Gasteiger partial charge in [0.15, 0.2) is 0 Å². The van der Waals surface area contributed by atoms with Crippen molar-refractivity contribution in [2.75, 3.05) is 0 Å². The van der Waals surface area contributed by atoms with E-state index in [9.17, 15) is 0 Å². The van der Waals surface area contributed by atoms with E-state index >= 15 is 0 Å². The second kappa shape index (κ2) is 3.50. The predicted molar refractivity (Wildman–Crippen MR) is 58.4 cm³/mol. The maximum atomic E-state index is 4.25. The molecule has 0 aromatic rings. The van der Waals surface area contributed by atoms with E-state index in [1.54, 1.807) is 0 Å². The van der Waals surface area contributed by atoms with E-state index in [1.807, 2.05) is 6.20 Å². The zero-order valence-electron chi connectivity index (χ0n) is 8.52. The SMILES string of the molecule is C1=CC2NC3CCCCC3C2CC=N1. The van der Waals surface area contributed by atoms with Crippen molar-refractivity contribution in [3.63, 3.8) is 0 Å². The number of hydrogen-bond donors (Lipinski definition) is 1. The highest BCUT2D eigenvalue weighted by molar-refractivity contribution is 5.59. The highest BCUT2D eigenvalue weighted by atomic mass is 15.0. The zero-order valence-corrected chi connectivity index (χ0v) is 8.52. The van der Waals surface area contributed by atoms with E-state index in [1.165, 1.54) is 32.1 Å². The lowest BCUT2D eigenvalue weighted by Crippen LogP contribution is -2.32. The summed E-state index contributed by atoms with van der Waals surface area (Å²) in [6.07, 6.45) is 13.2. The predicted octanol–water partition coefficient (Wildman–Crippen LogP) is 2.12. The Balaban J connectivity index is 1.82. The molecule has 4 unspecified atom stereocenters. The van der Waals surface area contributed by atoms with Gasteiger partial charge in [-0.1, -0.05) is 12.8 Å². The smallest absolute Gasteiger partial charge is 0.0305 e. The Morgan fingerprint density at radius 2 is 2.07 bits per heavy atom. The third kappa shape index (κ3) is 1.33. The lowest BCUT2D eigenvalue weighted by Gasteiger charge is -2.27. The minimum atomic E-state index is 0.602. The van der Waals surface area contributed by atoms with Crippen molar-refractivity contribution >= 4 is 6.21 Å². The maximum Gasteiger partial charge on any atom is 0.0305 e. The Morgan fingerprint density at radius 3 is 3.07 bits per heavy atom. The van der Waals surface area contributed by atoms with Gasteiger partial charge in [0, 0.05) is 24.5 Å². The van der Waals surface area contributed by atoms with Crippen LogP contribution in [0.2, 0.25) is 0 Å². The fourth-order valence-corrected chi connectivity index (χ4v) is 3.42. The van der Waals surface area contributed by atoms with Crippen molar-refractivity contribution in [3.8, 4) is 0 Å². The van der Waals surface area contributed by atoms with Crippen molar-refractivity contribution in [2.24, 2.45) is 16.8 Å². The molecule has 0 spiro atoms. The number of nitrogens with one attached hydrogen (secondary N) is 1. The molecular weight excluding hydrogens is 172 g/mol. The first-order valence-electron chi connectivity index (χ1n) is 5.89. The average Bonchev–Trinajstić information content (AvgIpc) is 2.42. The lowest BCUT2D eigenvalue weighted by molar-refractivity contribution is 0.276. The summed E-state index contributed by atoms with van der Waals surface area (Å²) < 4.78 is 0. The molecule has 2 aliphatic heterocycles. The van der Waals surface area contributed by atoms with E-state index in [-0.39, 0.29) is 0 Å². The topological polar surface area (TPSA) is 24.4 Å². The molecule has 1 saturated carbocycles. The highest BCUT2D eigenvalue weighted by Crippen LogP contribution is 2.39. The molecule has 2 heterocycles. The summed E-state index contributed by atoms with van der Waals surface area (Å²) >= 11 is 0. The molecule has 2 heteroatoms. The van der Waals surface area contributed by atoms with Crippen LogP contribution in [0.1, 0.15) is 32.1 Å². The van der Waals surface area contributed by atoms with E-state index in [4.69, 9.17) is 0 Å². The third-order valence-electron chi connectivity index (χ3n) is 4.10. The minimum absolute atomic E-state index is 0.602. The summed E-state index contributed by atoms with van der Waals surface area (Å²) in [7, 11) is 0. The van der Waals surface area contributed by atoms with Crippen LogP contribution in [0.25, 0.3) is 0 Å². The van der Waals surface area contributed by atoms with Gasteiger partial charge >= 0.3 is 0 Å². The molecule has 2 nitrogen and oxygen atoms in total. The van der Waals surface area contributed by atoms with E-state index in [0.29, 0.717) is 6.04 Å². The molecule has 0 aromatic carbocycles. The molecule has 1 aliphatic carbocycles. The third-order valence-corrected chi connectivity index (χ3v) is 4.10. The Kier molecular flexibility index (Phi) is 2.17. The summed E-state index contributed by atoms with van der Waals surface area (Å²) in [6, 6.07) is 1.40. The Bertz CT molecular complexity index is 269. The van der Waals surface area contributed by atoms with Crippen LogP contribution < -0.4 is 5.32 Å². The molecule has 0 radical (unpaired) electrons. The number of rotatable bonds is 0. The van der Waals surface area contributed by atoms with Gasteiger partial charge in [-0.2, -0.15) is 0 Å². The molecule has 1 N–H and O–H groups in total. The fourth-order valence-electron chi connectivity index (χ4n) is 3.42. The number of nitrogens with zero attached hydrogens (tertiary/aromatic N) is 1. The average molecular weight is 190 g/mol. The minimum Gasteiger partial charge on any atom is -0.307 e. The molecule has 3 aliphatic rings. The van der Waals surface area contributed by atoms with Crippen LogP contribution in [0.15, 0.2) is 17.3 Å². The summed E-state index contributed by atoms with van der Waals surface area (Å²) in [5.41, 5.74) is 0. The van der Waals surface area contributed by atoms with Crippen LogP contribution in [0, 0.1) is 11.8 Å². The van der Waals surface area contributed by atoms with Gasteiger partial charge in [-0.3, -0.25) is 4.99 Å². The van der Waals surface area contributed by atoms with Gasteiger partial charge in [0.1, 0.15) is 0 Å². The van der Waals surface area contributed by atoms with Gasteiger partial charge in [-0.05, 0) is 37.2 Å². The standard InChI is InChI=1S/C12H18N2/c1-2-4-11-9(3-1)10-5-7-13-8-6-12(10)14-11/h6-12,14H,1-5H2. The molecule has 0 bridgehead atoms. The quantitative estimate of drug-likeness (QED) is 0.621. The van der Waals surface area contributed by atoms with E-state index < -0.39 is 0 Å². The molecule has 0 amide bonds. The number of aliphatic imine (C=N–C) groups is 1. The fraction of sp³-hybridized carbons (Fsp3) is 0.750. The van der Waals surface area contributed by atoms with Crippen LogP contribution in [0.5, 0.6) is 0 Å². The van der Waals surface area contributed by atoms with Crippen molar-refractivity contribution in [1.29, 1.82) is 0 Å². The molecule has 3 rings (SSSR count). The van der Waals surface area contributed by atoms with Gasteiger partial charge in [0.25, 0.3) is 0 Å². The first-order valence-corrected chi connectivity index (χ1v) is 5.89. The van der Waals surface area contributed by atoms with Gasteiger partial charge < -0.3 is 5.32 Å². The Morgan fingerprint density at radius 1 is 1.14 bits per heavy atom. The second-order valence-corrected chi connectivity index (χ2v) is 4.82. The first kappa shape index (κ1) is 8.66. The van der Waals surface area contributed by atoms with Crippen molar-refractivity contribution in [2.45, 2.75) is 44.2 Å². The van der Waals surface area contributed by atoms with Crippen LogP contribution in [0.3, 0.4) is 0 Å². The highest BCUT2D eigenvalue weighted by Gasteiger charge is 2.42. The monoisotopic (exact) mass is 190 g/mol. The normalized spacial score (nSPS) is 45.7. The number of fused-ring (bicyclic) bond motifs is 3. The lowest BCUT2D eigenvalue weighted by atomic mass is 9.77. The summed E-state index contributed by atoms with van der Waals surface area (Å²) in [5.74, 6) is 1.74. The molecule has 14 heavy (non-hydrogen) atoms. The molecule has 4 atom stereocenters. The van der Waals surface area contributed by atoms with Crippen LogP contribution in [-0.2, 0) is 0 Å².